The number of carbonyl (C=O) groups excluding carboxylic acids is 2. The number of amides is 2. The molecule has 220 valence electrons. The fraction of sp³-hybridized carbons (Fsp3) is 0.355. The second-order valence-electron chi connectivity index (χ2n) is 10.9. The maximum Gasteiger partial charge on any atom is 0.264 e. The number of anilines is 1. The van der Waals surface area contributed by atoms with Crippen molar-refractivity contribution in [3.05, 3.63) is 88.9 Å². The molecule has 3 aromatic rings. The number of halogens is 1. The normalized spacial score (nSPS) is 12.4. The number of sulfonamides is 1. The van der Waals surface area contributed by atoms with Gasteiger partial charge in [-0.3, -0.25) is 13.9 Å². The van der Waals surface area contributed by atoms with Gasteiger partial charge in [-0.05, 0) is 76.9 Å². The fourth-order valence-corrected chi connectivity index (χ4v) is 5.84. The first-order valence-corrected chi connectivity index (χ1v) is 15.1. The van der Waals surface area contributed by atoms with Crippen molar-refractivity contribution < 1.29 is 22.7 Å². The number of benzene rings is 3. The van der Waals surface area contributed by atoms with Gasteiger partial charge < -0.3 is 15.0 Å². The molecule has 0 unspecified atom stereocenters. The van der Waals surface area contributed by atoms with E-state index in [1.54, 1.807) is 31.2 Å². The van der Waals surface area contributed by atoms with Gasteiger partial charge >= 0.3 is 0 Å². The molecular formula is C31H38ClN3O5S. The Kier molecular flexibility index (Phi) is 10.4. The smallest absolute Gasteiger partial charge is 0.264 e. The number of ether oxygens (including phenoxy) is 1. The van der Waals surface area contributed by atoms with Crippen molar-refractivity contribution in [1.82, 2.24) is 10.2 Å². The molecule has 0 radical (unpaired) electrons. The van der Waals surface area contributed by atoms with Gasteiger partial charge in [-0.25, -0.2) is 8.42 Å². The van der Waals surface area contributed by atoms with Gasteiger partial charge in [0, 0.05) is 17.1 Å². The van der Waals surface area contributed by atoms with E-state index in [-0.39, 0.29) is 33.8 Å². The Morgan fingerprint density at radius 1 is 1.00 bits per heavy atom. The third-order valence-electron chi connectivity index (χ3n) is 6.45. The summed E-state index contributed by atoms with van der Waals surface area (Å²) in [6, 6.07) is 19.6. The van der Waals surface area contributed by atoms with E-state index < -0.39 is 34.1 Å². The van der Waals surface area contributed by atoms with E-state index in [4.69, 9.17) is 16.3 Å². The minimum Gasteiger partial charge on any atom is -0.495 e. The Bertz CT molecular complexity index is 1460. The summed E-state index contributed by atoms with van der Waals surface area (Å²) in [5.74, 6) is -0.658. The van der Waals surface area contributed by atoms with Crippen molar-refractivity contribution in [2.24, 2.45) is 0 Å². The van der Waals surface area contributed by atoms with Crippen LogP contribution < -0.4 is 14.4 Å². The lowest BCUT2D eigenvalue weighted by Crippen LogP contribution is -2.55. The van der Waals surface area contributed by atoms with E-state index in [9.17, 15) is 18.0 Å². The highest BCUT2D eigenvalue weighted by Crippen LogP contribution is 2.35. The number of aryl methyl sites for hydroxylation is 1. The van der Waals surface area contributed by atoms with E-state index in [1.807, 2.05) is 58.0 Å². The van der Waals surface area contributed by atoms with Crippen LogP contribution in [0.2, 0.25) is 5.02 Å². The van der Waals surface area contributed by atoms with Crippen LogP contribution in [0.25, 0.3) is 0 Å². The lowest BCUT2D eigenvalue weighted by Gasteiger charge is -2.33. The van der Waals surface area contributed by atoms with E-state index in [1.165, 1.54) is 30.2 Å². The van der Waals surface area contributed by atoms with E-state index >= 15 is 0 Å². The third-order valence-corrected chi connectivity index (χ3v) is 8.46. The predicted molar refractivity (Wildman–Crippen MR) is 163 cm³/mol. The second-order valence-corrected chi connectivity index (χ2v) is 13.2. The summed E-state index contributed by atoms with van der Waals surface area (Å²) in [5.41, 5.74) is 1.46. The maximum absolute atomic E-state index is 14.0. The molecule has 0 bridgehead atoms. The minimum absolute atomic E-state index is 0.00675. The lowest BCUT2D eigenvalue weighted by atomic mass is 10.1. The molecule has 0 saturated carbocycles. The molecule has 8 nitrogen and oxygen atoms in total. The predicted octanol–water partition coefficient (Wildman–Crippen LogP) is 5.23. The standard InChI is InChI=1S/C31H38ClN3O5S/c1-22-12-15-26(16-13-22)41(38,39)35(27-20-25(32)14-17-28(27)40-6)21-29(36)34(19-18-24-10-8-7-9-11-24)23(2)30(37)33-31(3,4)5/h7-17,20,23H,18-19,21H2,1-6H3,(H,33,37)/t23-/m1/s1. The molecule has 10 heteroatoms. The van der Waals surface area contributed by atoms with Gasteiger partial charge in [0.1, 0.15) is 18.3 Å². The molecule has 1 N–H and O–H groups in total. The molecule has 0 aliphatic carbocycles. The van der Waals surface area contributed by atoms with Gasteiger partial charge in [-0.15, -0.1) is 0 Å². The average Bonchev–Trinajstić information content (AvgIpc) is 2.91. The summed E-state index contributed by atoms with van der Waals surface area (Å²) in [6.07, 6.45) is 0.477. The van der Waals surface area contributed by atoms with Gasteiger partial charge in [0.2, 0.25) is 11.8 Å². The zero-order valence-electron chi connectivity index (χ0n) is 24.3. The molecule has 0 aliphatic heterocycles. The van der Waals surface area contributed by atoms with Crippen LogP contribution in [0.15, 0.2) is 77.7 Å². The van der Waals surface area contributed by atoms with Crippen LogP contribution in [0.1, 0.15) is 38.8 Å². The van der Waals surface area contributed by atoms with Crippen LogP contribution >= 0.6 is 11.6 Å². The monoisotopic (exact) mass is 599 g/mol. The minimum atomic E-state index is -4.24. The van der Waals surface area contributed by atoms with Crippen molar-refractivity contribution in [2.45, 2.75) is 57.5 Å². The number of methoxy groups -OCH3 is 1. The Hall–Kier alpha value is -3.56. The third kappa shape index (κ3) is 8.47. The van der Waals surface area contributed by atoms with Crippen LogP contribution in [0, 0.1) is 6.92 Å². The molecular weight excluding hydrogens is 562 g/mol. The van der Waals surface area contributed by atoms with Crippen molar-refractivity contribution in [1.29, 1.82) is 0 Å². The number of nitrogens with one attached hydrogen (secondary N) is 1. The van der Waals surface area contributed by atoms with Crippen LogP contribution in [-0.2, 0) is 26.0 Å². The van der Waals surface area contributed by atoms with E-state index in [0.29, 0.717) is 6.42 Å². The summed E-state index contributed by atoms with van der Waals surface area (Å²) in [4.78, 5) is 28.7. The molecule has 0 spiro atoms. The van der Waals surface area contributed by atoms with E-state index in [2.05, 4.69) is 5.32 Å². The van der Waals surface area contributed by atoms with E-state index in [0.717, 1.165) is 15.4 Å². The summed E-state index contributed by atoms with van der Waals surface area (Å²) in [7, 11) is -2.83. The highest BCUT2D eigenvalue weighted by atomic mass is 35.5. The Morgan fingerprint density at radius 3 is 2.22 bits per heavy atom. The van der Waals surface area contributed by atoms with Crippen molar-refractivity contribution in [3.63, 3.8) is 0 Å². The molecule has 0 heterocycles. The van der Waals surface area contributed by atoms with Gasteiger partial charge in [0.05, 0.1) is 17.7 Å². The number of rotatable bonds is 11. The molecule has 0 saturated heterocycles. The molecule has 0 aliphatic rings. The van der Waals surface area contributed by atoms with Crippen LogP contribution in [0.5, 0.6) is 5.75 Å². The quantitative estimate of drug-likeness (QED) is 0.326. The first-order valence-electron chi connectivity index (χ1n) is 13.3. The summed E-state index contributed by atoms with van der Waals surface area (Å²) in [6.45, 7) is 8.69. The zero-order valence-corrected chi connectivity index (χ0v) is 25.9. The number of hydrogen-bond acceptors (Lipinski definition) is 5. The highest BCUT2D eigenvalue weighted by Gasteiger charge is 2.34. The van der Waals surface area contributed by atoms with Gasteiger partial charge in [-0.2, -0.15) is 0 Å². The fourth-order valence-electron chi connectivity index (χ4n) is 4.25. The Morgan fingerprint density at radius 2 is 1.63 bits per heavy atom. The van der Waals surface area contributed by atoms with Gasteiger partial charge in [-0.1, -0.05) is 59.6 Å². The molecule has 0 aromatic heterocycles. The topological polar surface area (TPSA) is 96.0 Å². The largest absolute Gasteiger partial charge is 0.495 e. The number of carbonyl (C=O) groups is 2. The van der Waals surface area contributed by atoms with Crippen molar-refractivity contribution >= 4 is 39.1 Å². The molecule has 3 aromatic carbocycles. The number of nitrogens with zero attached hydrogens (tertiary/aromatic N) is 2. The van der Waals surface area contributed by atoms with Crippen LogP contribution in [-0.4, -0.2) is 56.9 Å². The zero-order chi connectivity index (χ0) is 30.4. The van der Waals surface area contributed by atoms with Gasteiger partial charge in [0.15, 0.2) is 0 Å². The summed E-state index contributed by atoms with van der Waals surface area (Å²) < 4.78 is 34.5. The molecule has 3 rings (SSSR count). The first kappa shape index (κ1) is 32.0. The first-order chi connectivity index (χ1) is 19.2. The van der Waals surface area contributed by atoms with Crippen LogP contribution in [0.3, 0.4) is 0 Å². The summed E-state index contributed by atoms with van der Waals surface area (Å²) >= 11 is 6.28. The number of hydrogen-bond donors (Lipinski definition) is 1. The van der Waals surface area contributed by atoms with Gasteiger partial charge in [0.25, 0.3) is 10.0 Å². The molecule has 41 heavy (non-hydrogen) atoms. The van der Waals surface area contributed by atoms with Crippen molar-refractivity contribution in [2.75, 3.05) is 24.5 Å². The Balaban J connectivity index is 2.06. The molecule has 2 amide bonds. The second kappa shape index (κ2) is 13.4. The average molecular weight is 600 g/mol. The Labute approximate surface area is 248 Å². The SMILES string of the molecule is COc1ccc(Cl)cc1N(CC(=O)N(CCc1ccccc1)[C@H](C)C(=O)NC(C)(C)C)S(=O)(=O)c1ccc(C)cc1. The highest BCUT2D eigenvalue weighted by molar-refractivity contribution is 7.92. The lowest BCUT2D eigenvalue weighted by molar-refractivity contribution is -0.139. The van der Waals surface area contributed by atoms with Crippen LogP contribution in [0.4, 0.5) is 5.69 Å². The maximum atomic E-state index is 14.0. The molecule has 1 atom stereocenters. The van der Waals surface area contributed by atoms with Crippen molar-refractivity contribution in [3.8, 4) is 5.75 Å². The molecule has 0 fully saturated rings. The summed E-state index contributed by atoms with van der Waals surface area (Å²) in [5, 5.41) is 3.20.